The van der Waals surface area contributed by atoms with Crippen LogP contribution in [-0.2, 0) is 4.79 Å². The van der Waals surface area contributed by atoms with Gasteiger partial charge in [0, 0.05) is 46.2 Å². The van der Waals surface area contributed by atoms with Gasteiger partial charge in [-0.15, -0.1) is 0 Å². The molecule has 1 aromatic heterocycles. The molecule has 0 unspecified atom stereocenters. The molecule has 1 aliphatic heterocycles. The van der Waals surface area contributed by atoms with Gasteiger partial charge in [-0.2, -0.15) is 0 Å². The van der Waals surface area contributed by atoms with E-state index in [0.717, 1.165) is 31.3 Å². The summed E-state index contributed by atoms with van der Waals surface area (Å²) in [6, 6.07) is 0. The lowest BCUT2D eigenvalue weighted by atomic mass is 10.4. The Bertz CT molecular complexity index is 512. The summed E-state index contributed by atoms with van der Waals surface area (Å²) in [5.41, 5.74) is 5.83. The van der Waals surface area contributed by atoms with Crippen LogP contribution in [0.5, 0.6) is 0 Å². The lowest BCUT2D eigenvalue weighted by molar-refractivity contribution is -0.118. The van der Waals surface area contributed by atoms with E-state index in [1.54, 1.807) is 0 Å². The van der Waals surface area contributed by atoms with E-state index in [9.17, 15) is 9.59 Å². The van der Waals surface area contributed by atoms with E-state index >= 15 is 0 Å². The monoisotopic (exact) mass is 312 g/mol. The highest BCUT2D eigenvalue weighted by atomic mass is 32.1. The molecule has 0 bridgehead atoms. The minimum absolute atomic E-state index is 0.123. The summed E-state index contributed by atoms with van der Waals surface area (Å²) in [5, 5.41) is 9.37. The summed E-state index contributed by atoms with van der Waals surface area (Å²) in [4.78, 5) is 29.6. The molecule has 2 rings (SSSR count). The number of amides is 2. The zero-order valence-electron chi connectivity index (χ0n) is 11.9. The molecule has 9 heteroatoms. The zero-order valence-corrected chi connectivity index (χ0v) is 12.8. The summed E-state index contributed by atoms with van der Waals surface area (Å²) >= 11 is 1.30. The lowest BCUT2D eigenvalue weighted by Crippen LogP contribution is -2.43. The van der Waals surface area contributed by atoms with Gasteiger partial charge in [-0.1, -0.05) is 11.3 Å². The molecule has 1 aliphatic rings. The Morgan fingerprint density at radius 1 is 1.33 bits per heavy atom. The number of nitrogens with two attached hydrogens (primary N) is 1. The van der Waals surface area contributed by atoms with Gasteiger partial charge in [-0.05, 0) is 0 Å². The molecule has 0 spiro atoms. The highest BCUT2D eigenvalue weighted by Crippen LogP contribution is 2.28. The first-order valence-corrected chi connectivity index (χ1v) is 7.64. The first kappa shape index (κ1) is 15.5. The highest BCUT2D eigenvalue weighted by molar-refractivity contribution is 7.18. The van der Waals surface area contributed by atoms with E-state index in [4.69, 9.17) is 5.73 Å². The fraction of sp³-hybridized carbons (Fsp3) is 0.583. The third-order valence-corrected chi connectivity index (χ3v) is 4.15. The van der Waals surface area contributed by atoms with Crippen LogP contribution in [0.15, 0.2) is 0 Å². The number of nitrogens with zero attached hydrogens (tertiary/aromatic N) is 2. The number of carbonyl (C=O) groups excluding carboxylic acids is 2. The van der Waals surface area contributed by atoms with Gasteiger partial charge in [-0.3, -0.25) is 9.59 Å². The summed E-state index contributed by atoms with van der Waals surface area (Å²) in [5.74, 6) is -0.121. The normalized spacial score (nSPS) is 14.8. The number of carbonyl (C=O) groups is 2. The molecule has 116 valence electrons. The molecule has 21 heavy (non-hydrogen) atoms. The molecular weight excluding hydrogens is 292 g/mol. The third kappa shape index (κ3) is 4.30. The van der Waals surface area contributed by atoms with Crippen molar-refractivity contribution < 1.29 is 9.59 Å². The zero-order chi connectivity index (χ0) is 15.2. The molecule has 0 aliphatic carbocycles. The Kier molecular flexibility index (Phi) is 5.34. The van der Waals surface area contributed by atoms with Gasteiger partial charge < -0.3 is 26.6 Å². The average Bonchev–Trinajstić information content (AvgIpc) is 2.86. The van der Waals surface area contributed by atoms with Gasteiger partial charge in [0.25, 0.3) is 5.91 Å². The van der Waals surface area contributed by atoms with Crippen LogP contribution < -0.4 is 26.6 Å². The molecule has 0 saturated carbocycles. The molecule has 2 amide bonds. The number of hydrogen-bond acceptors (Lipinski definition) is 7. The molecule has 0 atom stereocenters. The summed E-state index contributed by atoms with van der Waals surface area (Å²) in [6.07, 6.45) is 0. The van der Waals surface area contributed by atoms with Crippen LogP contribution in [0.3, 0.4) is 0 Å². The number of piperazine rings is 1. The van der Waals surface area contributed by atoms with Crippen molar-refractivity contribution >= 4 is 34.1 Å². The van der Waals surface area contributed by atoms with Crippen LogP contribution in [0.25, 0.3) is 0 Å². The molecule has 1 saturated heterocycles. The molecule has 0 radical (unpaired) electrons. The van der Waals surface area contributed by atoms with Gasteiger partial charge >= 0.3 is 0 Å². The van der Waals surface area contributed by atoms with Crippen molar-refractivity contribution in [2.24, 2.45) is 0 Å². The van der Waals surface area contributed by atoms with Crippen LogP contribution in [0, 0.1) is 0 Å². The fourth-order valence-corrected chi connectivity index (χ4v) is 2.92. The number of anilines is 2. The van der Waals surface area contributed by atoms with E-state index in [0.29, 0.717) is 18.0 Å². The van der Waals surface area contributed by atoms with Gasteiger partial charge in [0.15, 0.2) is 5.13 Å². The maximum absolute atomic E-state index is 12.0. The number of rotatable bonds is 5. The second-order valence-corrected chi connectivity index (χ2v) is 5.66. The lowest BCUT2D eigenvalue weighted by Gasteiger charge is -2.26. The minimum atomic E-state index is -0.253. The Morgan fingerprint density at radius 2 is 2.00 bits per heavy atom. The Balaban J connectivity index is 1.91. The predicted molar refractivity (Wildman–Crippen MR) is 82.6 cm³/mol. The fourth-order valence-electron chi connectivity index (χ4n) is 1.97. The molecule has 1 fully saturated rings. The Labute approximate surface area is 127 Å². The van der Waals surface area contributed by atoms with Crippen molar-refractivity contribution in [2.45, 2.75) is 6.92 Å². The summed E-state index contributed by atoms with van der Waals surface area (Å²) < 4.78 is 0. The van der Waals surface area contributed by atoms with Crippen molar-refractivity contribution in [3.63, 3.8) is 0 Å². The average molecular weight is 312 g/mol. The van der Waals surface area contributed by atoms with E-state index in [1.807, 2.05) is 0 Å². The summed E-state index contributed by atoms with van der Waals surface area (Å²) in [7, 11) is 0. The molecule has 8 nitrogen and oxygen atoms in total. The highest BCUT2D eigenvalue weighted by Gasteiger charge is 2.20. The molecule has 2 heterocycles. The quantitative estimate of drug-likeness (QED) is 0.519. The Morgan fingerprint density at radius 3 is 2.67 bits per heavy atom. The number of nitrogen functional groups attached to an aromatic ring is 1. The first-order valence-electron chi connectivity index (χ1n) is 6.82. The van der Waals surface area contributed by atoms with Gasteiger partial charge in [-0.25, -0.2) is 4.98 Å². The van der Waals surface area contributed by atoms with Gasteiger partial charge in [0.2, 0.25) is 5.91 Å². The number of aromatic nitrogens is 1. The second kappa shape index (κ2) is 7.23. The molecule has 0 aromatic carbocycles. The van der Waals surface area contributed by atoms with Crippen molar-refractivity contribution in [1.82, 2.24) is 20.9 Å². The summed E-state index contributed by atoms with van der Waals surface area (Å²) in [6.45, 7) is 5.70. The van der Waals surface area contributed by atoms with Gasteiger partial charge in [0.1, 0.15) is 10.7 Å². The smallest absolute Gasteiger partial charge is 0.265 e. The maximum atomic E-state index is 12.0. The van der Waals surface area contributed by atoms with E-state index in [2.05, 4.69) is 25.8 Å². The van der Waals surface area contributed by atoms with E-state index in [1.165, 1.54) is 18.3 Å². The maximum Gasteiger partial charge on any atom is 0.265 e. The van der Waals surface area contributed by atoms with Crippen LogP contribution in [-0.4, -0.2) is 56.1 Å². The number of hydrogen-bond donors (Lipinski definition) is 4. The van der Waals surface area contributed by atoms with Crippen LogP contribution in [0.2, 0.25) is 0 Å². The number of nitrogens with one attached hydrogen (secondary N) is 3. The third-order valence-electron chi connectivity index (χ3n) is 3.02. The Hall–Kier alpha value is -1.87. The minimum Gasteiger partial charge on any atom is -0.382 e. The number of thiazole rings is 1. The standard InChI is InChI=1S/C12H20N6O2S/c1-8(19)15-2-3-16-11(20)9-10(13)17-12(21-9)18-6-4-14-5-7-18/h14H,2-7,13H2,1H3,(H,15,19)(H,16,20). The molecular formula is C12H20N6O2S. The van der Waals surface area contributed by atoms with Gasteiger partial charge in [0.05, 0.1) is 0 Å². The van der Waals surface area contributed by atoms with E-state index in [-0.39, 0.29) is 17.6 Å². The topological polar surface area (TPSA) is 112 Å². The van der Waals surface area contributed by atoms with Crippen LogP contribution in [0.1, 0.15) is 16.6 Å². The van der Waals surface area contributed by atoms with Crippen molar-refractivity contribution in [2.75, 3.05) is 49.9 Å². The largest absolute Gasteiger partial charge is 0.382 e. The second-order valence-electron chi connectivity index (χ2n) is 4.69. The van der Waals surface area contributed by atoms with Crippen molar-refractivity contribution in [3.8, 4) is 0 Å². The first-order chi connectivity index (χ1) is 10.1. The predicted octanol–water partition coefficient (Wildman–Crippen LogP) is -0.999. The molecule has 5 N–H and O–H groups in total. The SMILES string of the molecule is CC(=O)NCCNC(=O)c1sc(N2CCNCC2)nc1N. The van der Waals surface area contributed by atoms with Crippen LogP contribution in [0.4, 0.5) is 10.9 Å². The van der Waals surface area contributed by atoms with Crippen molar-refractivity contribution in [3.05, 3.63) is 4.88 Å². The molecule has 1 aromatic rings. The van der Waals surface area contributed by atoms with Crippen LogP contribution >= 0.6 is 11.3 Å². The van der Waals surface area contributed by atoms with E-state index < -0.39 is 0 Å². The van der Waals surface area contributed by atoms with Crippen molar-refractivity contribution in [1.29, 1.82) is 0 Å².